The Morgan fingerprint density at radius 2 is 1.68 bits per heavy atom. The van der Waals surface area contributed by atoms with Crippen molar-refractivity contribution in [3.05, 3.63) is 29.1 Å². The fraction of sp³-hybridized carbons (Fsp3) is 0.462. The second-order valence-electron chi connectivity index (χ2n) is 3.16. The first-order valence-corrected chi connectivity index (χ1v) is 5.78. The van der Waals surface area contributed by atoms with Gasteiger partial charge in [-0.25, -0.2) is 14.6 Å². The molecule has 0 N–H and O–H groups in total. The maximum absolute atomic E-state index is 11.5. The van der Waals surface area contributed by atoms with E-state index in [-0.39, 0.29) is 11.3 Å². The summed E-state index contributed by atoms with van der Waals surface area (Å²) in [5.41, 5.74) is 0.661. The Balaban J connectivity index is 0.00000154. The topological polar surface area (TPSA) is 74.7 Å². The number of hydrogen-bond donors (Lipinski definition) is 0. The molecule has 0 atom stereocenters. The van der Waals surface area contributed by atoms with Gasteiger partial charge in [-0.15, -0.1) is 0 Å². The van der Waals surface area contributed by atoms with Gasteiger partial charge >= 0.3 is 11.9 Å². The zero-order chi connectivity index (χ0) is 14.8. The molecule has 0 aromatic carbocycles. The van der Waals surface area contributed by atoms with E-state index >= 15 is 0 Å². The van der Waals surface area contributed by atoms with Gasteiger partial charge in [0.2, 0.25) is 0 Å². The lowest BCUT2D eigenvalue weighted by Gasteiger charge is -2.07. The van der Waals surface area contributed by atoms with Crippen LogP contribution in [0.2, 0.25) is 0 Å². The van der Waals surface area contributed by atoms with E-state index in [4.69, 9.17) is 4.74 Å². The van der Waals surface area contributed by atoms with E-state index in [1.165, 1.54) is 33.6 Å². The highest BCUT2D eigenvalue weighted by molar-refractivity contribution is 6.01. The molecule has 0 aliphatic heterocycles. The molecule has 6 heteroatoms. The number of hydrogen-bond acceptors (Lipinski definition) is 6. The van der Waals surface area contributed by atoms with Gasteiger partial charge in [0, 0.05) is 13.3 Å². The molecular weight excluding hydrogens is 250 g/mol. The SMILES string of the molecule is CC.COCc1cnc(C(=O)OC)c(C(=O)OC)c1. The molecule has 0 aliphatic carbocycles. The van der Waals surface area contributed by atoms with Gasteiger partial charge in [-0.1, -0.05) is 13.8 Å². The van der Waals surface area contributed by atoms with Crippen molar-refractivity contribution in [1.29, 1.82) is 0 Å². The molecule has 0 unspecified atom stereocenters. The molecule has 1 heterocycles. The molecule has 106 valence electrons. The molecule has 6 nitrogen and oxygen atoms in total. The Bertz CT molecular complexity index is 431. The van der Waals surface area contributed by atoms with Crippen molar-refractivity contribution in [2.24, 2.45) is 0 Å². The van der Waals surface area contributed by atoms with Crippen LogP contribution in [0.4, 0.5) is 0 Å². The van der Waals surface area contributed by atoms with Gasteiger partial charge in [-0.05, 0) is 11.6 Å². The zero-order valence-corrected chi connectivity index (χ0v) is 11.9. The molecule has 0 radical (unpaired) electrons. The highest BCUT2D eigenvalue weighted by Gasteiger charge is 2.20. The second kappa shape index (κ2) is 9.04. The van der Waals surface area contributed by atoms with Crippen LogP contribution in [0.3, 0.4) is 0 Å². The van der Waals surface area contributed by atoms with Gasteiger partial charge < -0.3 is 14.2 Å². The summed E-state index contributed by atoms with van der Waals surface area (Å²) in [5.74, 6) is -1.33. The van der Waals surface area contributed by atoms with E-state index in [1.54, 1.807) is 0 Å². The first kappa shape index (κ1) is 17.1. The third-order valence-corrected chi connectivity index (χ3v) is 2.04. The number of carbonyl (C=O) groups excluding carboxylic acids is 2. The van der Waals surface area contributed by atoms with E-state index in [9.17, 15) is 9.59 Å². The number of ether oxygens (including phenoxy) is 3. The minimum atomic E-state index is -0.686. The van der Waals surface area contributed by atoms with Gasteiger partial charge in [0.05, 0.1) is 26.4 Å². The Morgan fingerprint density at radius 3 is 2.16 bits per heavy atom. The first-order chi connectivity index (χ1) is 9.13. The number of rotatable bonds is 4. The highest BCUT2D eigenvalue weighted by Crippen LogP contribution is 2.12. The minimum absolute atomic E-state index is 0.0638. The predicted molar refractivity (Wildman–Crippen MR) is 69.0 cm³/mol. The Hall–Kier alpha value is -1.95. The van der Waals surface area contributed by atoms with Gasteiger partial charge in [0.15, 0.2) is 5.69 Å². The van der Waals surface area contributed by atoms with Crippen LogP contribution in [0.5, 0.6) is 0 Å². The van der Waals surface area contributed by atoms with E-state index in [1.807, 2.05) is 13.8 Å². The van der Waals surface area contributed by atoms with Crippen molar-refractivity contribution in [3.63, 3.8) is 0 Å². The number of aromatic nitrogens is 1. The second-order valence-corrected chi connectivity index (χ2v) is 3.16. The number of methoxy groups -OCH3 is 3. The number of carbonyl (C=O) groups is 2. The molecule has 0 aliphatic rings. The lowest BCUT2D eigenvalue weighted by molar-refractivity contribution is 0.0549. The summed E-state index contributed by atoms with van der Waals surface area (Å²) < 4.78 is 14.0. The van der Waals surface area contributed by atoms with Crippen LogP contribution < -0.4 is 0 Å². The smallest absolute Gasteiger partial charge is 0.357 e. The molecular formula is C13H19NO5. The summed E-state index contributed by atoms with van der Waals surface area (Å²) in [6, 6.07) is 1.49. The lowest BCUT2D eigenvalue weighted by atomic mass is 10.1. The third kappa shape index (κ3) is 4.67. The monoisotopic (exact) mass is 269 g/mol. The predicted octanol–water partition coefficient (Wildman–Crippen LogP) is 1.83. The summed E-state index contributed by atoms with van der Waals surface area (Å²) in [5, 5.41) is 0. The maximum atomic E-state index is 11.5. The Labute approximate surface area is 112 Å². The first-order valence-electron chi connectivity index (χ1n) is 5.78. The maximum Gasteiger partial charge on any atom is 0.357 e. The molecule has 0 saturated carbocycles. The van der Waals surface area contributed by atoms with E-state index in [2.05, 4.69) is 14.5 Å². The standard InChI is InChI=1S/C11H13NO5.C2H6/c1-15-6-7-4-8(10(13)16-2)9(12-5-7)11(14)17-3;1-2/h4-5H,6H2,1-3H3;1-2H3. The van der Waals surface area contributed by atoms with E-state index in [0.717, 1.165) is 0 Å². The van der Waals surface area contributed by atoms with Crippen molar-refractivity contribution >= 4 is 11.9 Å². The van der Waals surface area contributed by atoms with Crippen LogP contribution in [-0.4, -0.2) is 38.3 Å². The fourth-order valence-corrected chi connectivity index (χ4v) is 1.28. The lowest BCUT2D eigenvalue weighted by Crippen LogP contribution is -2.14. The van der Waals surface area contributed by atoms with Crippen molar-refractivity contribution in [2.45, 2.75) is 20.5 Å². The Morgan fingerprint density at radius 1 is 1.11 bits per heavy atom. The fourth-order valence-electron chi connectivity index (χ4n) is 1.28. The van der Waals surface area contributed by atoms with Crippen LogP contribution in [0.1, 0.15) is 40.3 Å². The van der Waals surface area contributed by atoms with Gasteiger partial charge in [-0.2, -0.15) is 0 Å². The average molecular weight is 269 g/mol. The molecule has 1 rings (SSSR count). The van der Waals surface area contributed by atoms with Crippen LogP contribution in [0, 0.1) is 0 Å². The summed E-state index contributed by atoms with van der Waals surface area (Å²) in [7, 11) is 3.96. The summed E-state index contributed by atoms with van der Waals surface area (Å²) in [4.78, 5) is 26.8. The molecule has 1 aromatic rings. The molecule has 19 heavy (non-hydrogen) atoms. The minimum Gasteiger partial charge on any atom is -0.465 e. The number of pyridine rings is 1. The summed E-state index contributed by atoms with van der Waals surface area (Å²) in [6.07, 6.45) is 1.45. The van der Waals surface area contributed by atoms with Crippen LogP contribution in [0.25, 0.3) is 0 Å². The van der Waals surface area contributed by atoms with Crippen LogP contribution >= 0.6 is 0 Å². The van der Waals surface area contributed by atoms with E-state index in [0.29, 0.717) is 12.2 Å². The van der Waals surface area contributed by atoms with Gasteiger partial charge in [0.25, 0.3) is 0 Å². The van der Waals surface area contributed by atoms with Crippen LogP contribution in [-0.2, 0) is 20.8 Å². The quantitative estimate of drug-likeness (QED) is 0.776. The van der Waals surface area contributed by atoms with Gasteiger partial charge in [-0.3, -0.25) is 0 Å². The Kier molecular flexibility index (Phi) is 8.12. The van der Waals surface area contributed by atoms with Gasteiger partial charge in [0.1, 0.15) is 0 Å². The van der Waals surface area contributed by atoms with Crippen molar-refractivity contribution < 1.29 is 23.8 Å². The molecule has 0 bridgehead atoms. The van der Waals surface area contributed by atoms with Crippen molar-refractivity contribution in [3.8, 4) is 0 Å². The van der Waals surface area contributed by atoms with Crippen molar-refractivity contribution in [1.82, 2.24) is 4.98 Å². The van der Waals surface area contributed by atoms with Crippen LogP contribution in [0.15, 0.2) is 12.3 Å². The highest BCUT2D eigenvalue weighted by atomic mass is 16.5. The van der Waals surface area contributed by atoms with Crippen molar-refractivity contribution in [2.75, 3.05) is 21.3 Å². The average Bonchev–Trinajstić information content (AvgIpc) is 2.48. The normalized spacial score (nSPS) is 9.11. The zero-order valence-electron chi connectivity index (χ0n) is 11.9. The number of nitrogens with zero attached hydrogens (tertiary/aromatic N) is 1. The molecule has 0 fully saturated rings. The third-order valence-electron chi connectivity index (χ3n) is 2.04. The number of esters is 2. The van der Waals surface area contributed by atoms with E-state index < -0.39 is 11.9 Å². The molecule has 0 spiro atoms. The molecule has 1 aromatic heterocycles. The largest absolute Gasteiger partial charge is 0.465 e. The molecule has 0 saturated heterocycles. The molecule has 0 amide bonds. The summed E-state index contributed by atoms with van der Waals surface area (Å²) >= 11 is 0. The summed E-state index contributed by atoms with van der Waals surface area (Å²) in [6.45, 7) is 4.29.